The monoisotopic (exact) mass is 225 g/mol. The molecule has 0 saturated heterocycles. The highest BCUT2D eigenvalue weighted by Gasteiger charge is 2.08. The van der Waals surface area contributed by atoms with Crippen molar-refractivity contribution >= 4 is 12.6 Å². The molecule has 0 atom stereocenters. The van der Waals surface area contributed by atoms with Crippen molar-refractivity contribution in [1.82, 2.24) is 4.90 Å². The van der Waals surface area contributed by atoms with Crippen molar-refractivity contribution in [3.05, 3.63) is 28.8 Å². The third kappa shape index (κ3) is 3.14. The van der Waals surface area contributed by atoms with E-state index in [1.165, 1.54) is 16.7 Å². The third-order valence-electron chi connectivity index (χ3n) is 2.38. The largest absolute Gasteiger partial charge is 0.496 e. The number of thiol groups is 1. The van der Waals surface area contributed by atoms with Crippen LogP contribution < -0.4 is 4.74 Å². The fourth-order valence-electron chi connectivity index (χ4n) is 1.79. The molecule has 0 heterocycles. The fourth-order valence-corrected chi connectivity index (χ4v) is 1.89. The second-order valence-electron chi connectivity index (χ2n) is 3.93. The molecule has 1 rings (SSSR count). The maximum atomic E-state index is 5.42. The van der Waals surface area contributed by atoms with Crippen LogP contribution in [-0.4, -0.2) is 24.9 Å². The third-order valence-corrected chi connectivity index (χ3v) is 2.86. The maximum Gasteiger partial charge on any atom is 0.126 e. The Morgan fingerprint density at radius 2 is 2.00 bits per heavy atom. The van der Waals surface area contributed by atoms with Crippen molar-refractivity contribution in [2.24, 2.45) is 0 Å². The van der Waals surface area contributed by atoms with Gasteiger partial charge in [-0.15, -0.1) is 0 Å². The van der Waals surface area contributed by atoms with E-state index in [1.54, 1.807) is 7.11 Å². The molecular formula is C12H19NOS. The molecule has 0 amide bonds. The summed E-state index contributed by atoms with van der Waals surface area (Å²) >= 11 is 4.25. The van der Waals surface area contributed by atoms with E-state index in [-0.39, 0.29) is 0 Å². The molecule has 0 N–H and O–H groups in total. The number of hydrogen-bond acceptors (Lipinski definition) is 3. The van der Waals surface area contributed by atoms with E-state index in [9.17, 15) is 0 Å². The lowest BCUT2D eigenvalue weighted by molar-refractivity contribution is 0.362. The van der Waals surface area contributed by atoms with Crippen LogP contribution in [0.5, 0.6) is 5.75 Å². The van der Waals surface area contributed by atoms with E-state index in [4.69, 9.17) is 4.74 Å². The Labute approximate surface area is 97.6 Å². The van der Waals surface area contributed by atoms with Gasteiger partial charge in [-0.2, -0.15) is 12.6 Å². The second kappa shape index (κ2) is 5.42. The zero-order valence-corrected chi connectivity index (χ0v) is 10.8. The van der Waals surface area contributed by atoms with Crippen molar-refractivity contribution in [2.75, 3.05) is 20.0 Å². The topological polar surface area (TPSA) is 12.5 Å². The molecule has 3 heteroatoms. The molecule has 0 saturated carbocycles. The van der Waals surface area contributed by atoms with Gasteiger partial charge in [0.15, 0.2) is 0 Å². The first-order valence-corrected chi connectivity index (χ1v) is 5.65. The van der Waals surface area contributed by atoms with E-state index in [0.717, 1.165) is 18.2 Å². The molecule has 0 aliphatic carbocycles. The molecule has 84 valence electrons. The quantitative estimate of drug-likeness (QED) is 0.625. The Hall–Kier alpha value is -0.670. The van der Waals surface area contributed by atoms with Crippen LogP contribution in [0.4, 0.5) is 0 Å². The zero-order chi connectivity index (χ0) is 11.4. The number of benzene rings is 1. The minimum atomic E-state index is 0.746. The Bertz CT molecular complexity index is 339. The van der Waals surface area contributed by atoms with E-state index >= 15 is 0 Å². The normalized spacial score (nSPS) is 10.8. The predicted molar refractivity (Wildman–Crippen MR) is 67.8 cm³/mol. The Morgan fingerprint density at radius 1 is 1.33 bits per heavy atom. The van der Waals surface area contributed by atoms with Gasteiger partial charge in [0.2, 0.25) is 0 Å². The van der Waals surface area contributed by atoms with Crippen LogP contribution in [0.25, 0.3) is 0 Å². The van der Waals surface area contributed by atoms with Gasteiger partial charge in [-0.25, -0.2) is 0 Å². The molecule has 0 spiro atoms. The molecule has 0 radical (unpaired) electrons. The number of rotatable bonds is 4. The van der Waals surface area contributed by atoms with Gasteiger partial charge in [0.05, 0.1) is 7.11 Å². The van der Waals surface area contributed by atoms with Gasteiger partial charge >= 0.3 is 0 Å². The highest BCUT2D eigenvalue weighted by atomic mass is 32.1. The molecule has 0 fully saturated rings. The first-order valence-electron chi connectivity index (χ1n) is 5.02. The van der Waals surface area contributed by atoms with Gasteiger partial charge in [0.25, 0.3) is 0 Å². The number of methoxy groups -OCH3 is 1. The molecule has 0 aliphatic rings. The van der Waals surface area contributed by atoms with Gasteiger partial charge in [0, 0.05) is 18.0 Å². The van der Waals surface area contributed by atoms with E-state index in [1.807, 2.05) is 7.05 Å². The standard InChI is InChI=1S/C12H19NOS/c1-9-5-10(2)12(14-4)11(6-9)7-13(3)8-15/h5-6,15H,7-8H2,1-4H3. The maximum absolute atomic E-state index is 5.42. The molecule has 0 aliphatic heterocycles. The molecule has 0 unspecified atom stereocenters. The van der Waals surface area contributed by atoms with Crippen LogP contribution in [0, 0.1) is 13.8 Å². The van der Waals surface area contributed by atoms with Crippen LogP contribution in [0.1, 0.15) is 16.7 Å². The first-order chi connectivity index (χ1) is 7.08. The Balaban J connectivity index is 3.03. The summed E-state index contributed by atoms with van der Waals surface area (Å²) < 4.78 is 5.42. The van der Waals surface area contributed by atoms with Crippen LogP contribution >= 0.6 is 12.6 Å². The van der Waals surface area contributed by atoms with Gasteiger partial charge in [-0.05, 0) is 26.5 Å². The fraction of sp³-hybridized carbons (Fsp3) is 0.500. The highest BCUT2D eigenvalue weighted by molar-refractivity contribution is 7.80. The summed E-state index contributed by atoms with van der Waals surface area (Å²) in [6.45, 7) is 5.06. The van der Waals surface area contributed by atoms with Crippen LogP contribution in [0.3, 0.4) is 0 Å². The summed E-state index contributed by atoms with van der Waals surface area (Å²) in [6, 6.07) is 4.31. The van der Waals surface area contributed by atoms with Gasteiger partial charge in [-0.3, -0.25) is 4.90 Å². The average molecular weight is 225 g/mol. The molecule has 15 heavy (non-hydrogen) atoms. The zero-order valence-electron chi connectivity index (χ0n) is 9.87. The van der Waals surface area contributed by atoms with Crippen molar-refractivity contribution in [1.29, 1.82) is 0 Å². The summed E-state index contributed by atoms with van der Waals surface area (Å²) in [5.41, 5.74) is 3.70. The lowest BCUT2D eigenvalue weighted by Gasteiger charge is -2.18. The average Bonchev–Trinajstić information content (AvgIpc) is 2.17. The molecule has 1 aromatic carbocycles. The molecule has 1 aromatic rings. The molecule has 0 aromatic heterocycles. The summed E-state index contributed by atoms with van der Waals surface area (Å²) in [6.07, 6.45) is 0. The second-order valence-corrected chi connectivity index (χ2v) is 4.21. The van der Waals surface area contributed by atoms with Crippen LogP contribution in [0.15, 0.2) is 12.1 Å². The summed E-state index contributed by atoms with van der Waals surface area (Å²) in [5.74, 6) is 1.74. The van der Waals surface area contributed by atoms with E-state index in [0.29, 0.717) is 0 Å². The number of aryl methyl sites for hydroxylation is 2. The number of ether oxygens (including phenoxy) is 1. The summed E-state index contributed by atoms with van der Waals surface area (Å²) in [5, 5.41) is 0. The first kappa shape index (κ1) is 12.4. The van der Waals surface area contributed by atoms with E-state index < -0.39 is 0 Å². The summed E-state index contributed by atoms with van der Waals surface area (Å²) in [7, 11) is 3.77. The van der Waals surface area contributed by atoms with Gasteiger partial charge < -0.3 is 4.74 Å². The van der Waals surface area contributed by atoms with Crippen molar-refractivity contribution < 1.29 is 4.74 Å². The summed E-state index contributed by atoms with van der Waals surface area (Å²) in [4.78, 5) is 2.14. The smallest absolute Gasteiger partial charge is 0.126 e. The van der Waals surface area contributed by atoms with Crippen molar-refractivity contribution in [3.63, 3.8) is 0 Å². The Kier molecular flexibility index (Phi) is 4.48. The van der Waals surface area contributed by atoms with Crippen LogP contribution in [-0.2, 0) is 6.54 Å². The molecular weight excluding hydrogens is 206 g/mol. The Morgan fingerprint density at radius 3 is 2.53 bits per heavy atom. The number of hydrogen-bond donors (Lipinski definition) is 1. The lowest BCUT2D eigenvalue weighted by Crippen LogP contribution is -2.16. The van der Waals surface area contributed by atoms with Crippen LogP contribution in [0.2, 0.25) is 0 Å². The van der Waals surface area contributed by atoms with Gasteiger partial charge in [0.1, 0.15) is 5.75 Å². The van der Waals surface area contributed by atoms with E-state index in [2.05, 4.69) is 43.5 Å². The lowest BCUT2D eigenvalue weighted by atomic mass is 10.1. The minimum Gasteiger partial charge on any atom is -0.496 e. The van der Waals surface area contributed by atoms with Crippen molar-refractivity contribution in [2.45, 2.75) is 20.4 Å². The predicted octanol–water partition coefficient (Wildman–Crippen LogP) is 2.63. The molecule has 0 bridgehead atoms. The van der Waals surface area contributed by atoms with Crippen molar-refractivity contribution in [3.8, 4) is 5.75 Å². The van der Waals surface area contributed by atoms with Gasteiger partial charge in [-0.1, -0.05) is 17.7 Å². The highest BCUT2D eigenvalue weighted by Crippen LogP contribution is 2.25. The SMILES string of the molecule is COc1c(C)cc(C)cc1CN(C)CS. The minimum absolute atomic E-state index is 0.746. The number of nitrogens with zero attached hydrogens (tertiary/aromatic N) is 1. The molecule has 2 nitrogen and oxygen atoms in total.